The van der Waals surface area contributed by atoms with Crippen LogP contribution in [0, 0.1) is 23.7 Å². The van der Waals surface area contributed by atoms with Gasteiger partial charge >= 0.3 is 6.09 Å². The van der Waals surface area contributed by atoms with Gasteiger partial charge in [0.25, 0.3) is 0 Å². The van der Waals surface area contributed by atoms with Crippen molar-refractivity contribution in [3.8, 4) is 0 Å². The zero-order valence-corrected chi connectivity index (χ0v) is 13.8. The lowest BCUT2D eigenvalue weighted by Gasteiger charge is -2.59. The highest BCUT2D eigenvalue weighted by Crippen LogP contribution is 2.60. The molecular formula is C19H29NO2. The van der Waals surface area contributed by atoms with Crippen molar-refractivity contribution >= 4 is 6.09 Å². The molecule has 4 aliphatic carbocycles. The summed E-state index contributed by atoms with van der Waals surface area (Å²) in [6.07, 6.45) is 14.3. The fourth-order valence-corrected chi connectivity index (χ4v) is 5.95. The van der Waals surface area contributed by atoms with E-state index < -0.39 is 0 Å². The molecule has 1 saturated heterocycles. The van der Waals surface area contributed by atoms with Crippen molar-refractivity contribution in [1.82, 2.24) is 4.90 Å². The molecule has 0 atom stereocenters. The summed E-state index contributed by atoms with van der Waals surface area (Å²) < 4.78 is 6.29. The molecule has 1 aliphatic heterocycles. The fourth-order valence-electron chi connectivity index (χ4n) is 5.95. The molecule has 122 valence electrons. The normalized spacial score (nSPS) is 43.8. The SMILES string of the molecule is C/C=C/C1(OC(=O)N2CCCCC2)C2CC3CC(C2)CC1C3. The number of rotatable bonds is 2. The lowest BCUT2D eigenvalue weighted by atomic mass is 9.49. The van der Waals surface area contributed by atoms with Crippen molar-refractivity contribution in [3.05, 3.63) is 12.2 Å². The van der Waals surface area contributed by atoms with E-state index >= 15 is 0 Å². The third-order valence-corrected chi connectivity index (χ3v) is 6.72. The summed E-state index contributed by atoms with van der Waals surface area (Å²) in [5.74, 6) is 2.92. The van der Waals surface area contributed by atoms with E-state index in [1.54, 1.807) is 0 Å². The first-order valence-corrected chi connectivity index (χ1v) is 9.33. The predicted octanol–water partition coefficient (Wildman–Crippen LogP) is 4.38. The third kappa shape index (κ3) is 2.28. The second-order valence-electron chi connectivity index (χ2n) is 8.07. The van der Waals surface area contributed by atoms with Gasteiger partial charge in [0.1, 0.15) is 5.60 Å². The number of ether oxygens (including phenoxy) is 1. The number of carbonyl (C=O) groups excluding carboxylic acids is 1. The van der Waals surface area contributed by atoms with E-state index in [1.807, 2.05) is 4.90 Å². The number of carbonyl (C=O) groups is 1. The van der Waals surface area contributed by atoms with E-state index in [-0.39, 0.29) is 11.7 Å². The zero-order chi connectivity index (χ0) is 15.2. The van der Waals surface area contributed by atoms with Gasteiger partial charge in [0.05, 0.1) is 0 Å². The molecule has 0 spiro atoms. The van der Waals surface area contributed by atoms with Gasteiger partial charge in [-0.2, -0.15) is 0 Å². The average molecular weight is 303 g/mol. The van der Waals surface area contributed by atoms with Crippen LogP contribution < -0.4 is 0 Å². The largest absolute Gasteiger partial charge is 0.438 e. The minimum Gasteiger partial charge on any atom is -0.438 e. The lowest BCUT2D eigenvalue weighted by Crippen LogP contribution is -2.59. The first-order chi connectivity index (χ1) is 10.7. The number of nitrogens with zero attached hydrogens (tertiary/aromatic N) is 1. The van der Waals surface area contributed by atoms with Crippen LogP contribution in [0.3, 0.4) is 0 Å². The molecule has 3 heteroatoms. The molecule has 0 aromatic rings. The van der Waals surface area contributed by atoms with Crippen LogP contribution in [-0.4, -0.2) is 29.7 Å². The smallest absolute Gasteiger partial charge is 0.410 e. The predicted molar refractivity (Wildman–Crippen MR) is 86.5 cm³/mol. The Hall–Kier alpha value is -0.990. The molecule has 5 fully saturated rings. The Balaban J connectivity index is 1.56. The van der Waals surface area contributed by atoms with Crippen LogP contribution in [0.15, 0.2) is 12.2 Å². The van der Waals surface area contributed by atoms with Crippen molar-refractivity contribution in [2.45, 2.75) is 63.9 Å². The van der Waals surface area contributed by atoms with Gasteiger partial charge < -0.3 is 9.64 Å². The third-order valence-electron chi connectivity index (χ3n) is 6.72. The Labute approximate surface area is 134 Å². The van der Waals surface area contributed by atoms with Gasteiger partial charge in [-0.15, -0.1) is 0 Å². The Morgan fingerprint density at radius 3 is 2.14 bits per heavy atom. The maximum absolute atomic E-state index is 12.7. The summed E-state index contributed by atoms with van der Waals surface area (Å²) in [5.41, 5.74) is -0.295. The molecule has 1 amide bonds. The number of piperidine rings is 1. The van der Waals surface area contributed by atoms with Gasteiger partial charge in [-0.1, -0.05) is 6.08 Å². The number of hydrogen-bond donors (Lipinski definition) is 0. The van der Waals surface area contributed by atoms with Gasteiger partial charge in [-0.25, -0.2) is 4.79 Å². The first-order valence-electron chi connectivity index (χ1n) is 9.33. The number of amides is 1. The molecule has 0 aromatic heterocycles. The monoisotopic (exact) mass is 303 g/mol. The average Bonchev–Trinajstić information content (AvgIpc) is 2.52. The summed E-state index contributed by atoms with van der Waals surface area (Å²) in [6, 6.07) is 0. The molecule has 5 rings (SSSR count). The van der Waals surface area contributed by atoms with Crippen LogP contribution in [0.4, 0.5) is 4.79 Å². The van der Waals surface area contributed by atoms with Crippen LogP contribution in [0.2, 0.25) is 0 Å². The molecule has 0 radical (unpaired) electrons. The molecule has 4 saturated carbocycles. The standard InChI is InChI=1S/C19H29NO2/c1-2-6-19(22-18(21)20-7-4-3-5-8-20)16-10-14-9-15(12-16)13-17(19)11-14/h2,6,14-17H,3-5,7-13H2,1H3/b6-2+. The molecule has 4 bridgehead atoms. The van der Waals surface area contributed by atoms with Crippen molar-refractivity contribution in [3.63, 3.8) is 0 Å². The molecule has 22 heavy (non-hydrogen) atoms. The van der Waals surface area contributed by atoms with Crippen LogP contribution >= 0.6 is 0 Å². The molecule has 0 unspecified atom stereocenters. The summed E-state index contributed by atoms with van der Waals surface area (Å²) in [4.78, 5) is 14.7. The van der Waals surface area contributed by atoms with Crippen LogP contribution in [0.25, 0.3) is 0 Å². The maximum Gasteiger partial charge on any atom is 0.410 e. The quantitative estimate of drug-likeness (QED) is 0.708. The maximum atomic E-state index is 12.7. The molecule has 0 N–H and O–H groups in total. The van der Waals surface area contributed by atoms with E-state index in [9.17, 15) is 4.79 Å². The summed E-state index contributed by atoms with van der Waals surface area (Å²) in [6.45, 7) is 3.83. The van der Waals surface area contributed by atoms with E-state index in [2.05, 4.69) is 19.1 Å². The van der Waals surface area contributed by atoms with Gasteiger partial charge in [0.15, 0.2) is 0 Å². The van der Waals surface area contributed by atoms with Crippen molar-refractivity contribution < 1.29 is 9.53 Å². The van der Waals surface area contributed by atoms with Gasteiger partial charge in [-0.05, 0) is 76.2 Å². The topological polar surface area (TPSA) is 29.5 Å². The Bertz CT molecular complexity index is 436. The summed E-state index contributed by atoms with van der Waals surface area (Å²) in [5, 5.41) is 0. The van der Waals surface area contributed by atoms with Crippen LogP contribution in [0.1, 0.15) is 58.3 Å². The van der Waals surface area contributed by atoms with Gasteiger partial charge in [0.2, 0.25) is 0 Å². The number of hydrogen-bond acceptors (Lipinski definition) is 2. The van der Waals surface area contributed by atoms with Crippen LogP contribution in [0.5, 0.6) is 0 Å². The minimum absolute atomic E-state index is 0.0507. The van der Waals surface area contributed by atoms with Crippen molar-refractivity contribution in [2.75, 3.05) is 13.1 Å². The first kappa shape index (κ1) is 14.6. The Kier molecular flexibility index (Phi) is 3.70. The number of allylic oxidation sites excluding steroid dienone is 1. The van der Waals surface area contributed by atoms with E-state index in [1.165, 1.54) is 38.5 Å². The summed E-state index contributed by atoms with van der Waals surface area (Å²) in [7, 11) is 0. The second-order valence-corrected chi connectivity index (χ2v) is 8.07. The van der Waals surface area contributed by atoms with Gasteiger partial charge in [-0.3, -0.25) is 0 Å². The van der Waals surface area contributed by atoms with E-state index in [0.717, 1.165) is 37.8 Å². The second kappa shape index (κ2) is 5.58. The highest BCUT2D eigenvalue weighted by molar-refractivity contribution is 5.68. The number of likely N-dealkylation sites (tertiary alicyclic amines) is 1. The Morgan fingerprint density at radius 1 is 1.00 bits per heavy atom. The Morgan fingerprint density at radius 2 is 1.59 bits per heavy atom. The molecule has 1 heterocycles. The molecular weight excluding hydrogens is 274 g/mol. The minimum atomic E-state index is -0.295. The van der Waals surface area contributed by atoms with E-state index in [0.29, 0.717) is 11.8 Å². The van der Waals surface area contributed by atoms with Gasteiger partial charge in [0, 0.05) is 24.9 Å². The van der Waals surface area contributed by atoms with E-state index in [4.69, 9.17) is 4.74 Å². The van der Waals surface area contributed by atoms with Crippen molar-refractivity contribution in [2.24, 2.45) is 23.7 Å². The highest BCUT2D eigenvalue weighted by atomic mass is 16.6. The molecule has 5 aliphatic rings. The molecule has 0 aromatic carbocycles. The zero-order valence-electron chi connectivity index (χ0n) is 13.8. The summed E-state index contributed by atoms with van der Waals surface area (Å²) >= 11 is 0. The fraction of sp³-hybridized carbons (Fsp3) is 0.842. The highest BCUT2D eigenvalue weighted by Gasteiger charge is 2.58. The molecule has 3 nitrogen and oxygen atoms in total. The van der Waals surface area contributed by atoms with Crippen LogP contribution in [-0.2, 0) is 4.74 Å². The van der Waals surface area contributed by atoms with Crippen molar-refractivity contribution in [1.29, 1.82) is 0 Å². The lowest BCUT2D eigenvalue weighted by molar-refractivity contribution is -0.150.